The van der Waals surface area contributed by atoms with Crippen molar-refractivity contribution < 1.29 is 229 Å². The second-order valence-electron chi connectivity index (χ2n) is 34.4. The fourth-order valence-electron chi connectivity index (χ4n) is 22.7. The summed E-state index contributed by atoms with van der Waals surface area (Å²) in [7, 11) is 0. The van der Waals surface area contributed by atoms with Crippen molar-refractivity contribution in [2.75, 3.05) is 0 Å². The molecule has 16 saturated heterocycles. The van der Waals surface area contributed by atoms with Crippen molar-refractivity contribution >= 4 is 191 Å². The molecule has 18 atom stereocenters. The summed E-state index contributed by atoms with van der Waals surface area (Å²) in [5, 5.41) is 0. The van der Waals surface area contributed by atoms with Crippen molar-refractivity contribution in [3.63, 3.8) is 0 Å². The van der Waals surface area contributed by atoms with Crippen LogP contribution in [0.2, 0.25) is 0 Å². The van der Waals surface area contributed by atoms with Crippen LogP contribution in [0.3, 0.4) is 0 Å². The minimum absolute atomic E-state index is 0.0138. The first-order valence-corrected chi connectivity index (χ1v) is 37.9. The molecule has 16 aliphatic heterocycles. The molecular formula is C76H58O48. The molecule has 0 aromatic rings. The third kappa shape index (κ3) is 10.8. The van der Waals surface area contributed by atoms with E-state index in [1.54, 1.807) is 0 Å². The summed E-state index contributed by atoms with van der Waals surface area (Å²) in [6.07, 6.45) is 0.531. The molecule has 650 valence electrons. The quantitative estimate of drug-likeness (QED) is 0.134. The van der Waals surface area contributed by atoms with Crippen molar-refractivity contribution in [3.8, 4) is 0 Å². The predicted molar refractivity (Wildman–Crippen MR) is 347 cm³/mol. The van der Waals surface area contributed by atoms with Crippen LogP contribution in [0.25, 0.3) is 0 Å². The average molecular weight is 1740 g/mol. The van der Waals surface area contributed by atoms with Crippen LogP contribution in [-0.2, 0) is 229 Å². The fraction of sp³-hybridized carbons (Fsp3) is 0.579. The van der Waals surface area contributed by atoms with E-state index in [1.807, 2.05) is 0 Å². The minimum atomic E-state index is -1.35. The van der Waals surface area contributed by atoms with E-state index in [2.05, 4.69) is 75.8 Å². The standard InChI is InChI=1S/C12H12O6.3C10H8O6.2C9H6O6.C8H4O6.C8H6O6/c1-9-5(13)17-6(14)10(9,2)12(4)8(16)18-7(15)11(9,12)3;1-9-3(5(11)15-7(9)13)10(2)4(9)6(12)16-8(10)14;11-6-2-3-4(8(12)15-6)1-5-7(3)10(14)16-9(5)13;11-7-3-1-4-6(10(14)16-8(4)12)2-5(3)9(13)15-7;1-9-3-2(5(10)14-6(3)11)4(9)7(12)15-8(9)13;10-6-2-1-3-5(4(2)8(12)14-6)9(13)15-7(3)11;9-5-1-2(6(10)13-5)4-3(1)7(11)14-8(4)12;9-5-1-3(7(11)13-5)4-2-6(10)14-8(4)12/h1-4H3;3-4H,1-2H3;3-5,7H,1-2H2;3-6H,1-2H2;2-4H,1H3;2-5H,1H2;1-4H;3-4H,1-2H2. The maximum absolute atomic E-state index is 12.0. The lowest BCUT2D eigenvalue weighted by Gasteiger charge is -2.65. The van der Waals surface area contributed by atoms with E-state index in [0.717, 1.165) is 0 Å². The first-order valence-electron chi connectivity index (χ1n) is 37.9. The number of hydrogen-bond acceptors (Lipinski definition) is 48. The Labute approximate surface area is 685 Å². The predicted octanol–water partition coefficient (Wildman–Crippen LogP) is -5.73. The highest BCUT2D eigenvalue weighted by atomic mass is 16.7. The van der Waals surface area contributed by atoms with Gasteiger partial charge in [-0.15, -0.1) is 0 Å². The van der Waals surface area contributed by atoms with Crippen LogP contribution in [0, 0.1) is 174 Å². The molecule has 16 heterocycles. The Hall–Kier alpha value is -13.8. The zero-order chi connectivity index (χ0) is 90.5. The topological polar surface area (TPSA) is 694 Å². The normalized spacial score (nSPS) is 44.3. The third-order valence-corrected chi connectivity index (χ3v) is 29.6. The zero-order valence-electron chi connectivity index (χ0n) is 64.3. The van der Waals surface area contributed by atoms with Crippen LogP contribution in [0.1, 0.15) is 93.4 Å². The molecule has 0 aromatic carbocycles. The van der Waals surface area contributed by atoms with Gasteiger partial charge in [-0.2, -0.15) is 0 Å². The molecule has 0 bridgehead atoms. The molecule has 18 unspecified atom stereocenters. The molecule has 7 aliphatic carbocycles. The molecule has 0 radical (unpaired) electrons. The van der Waals surface area contributed by atoms with Crippen molar-refractivity contribution in [1.82, 2.24) is 0 Å². The first kappa shape index (κ1) is 83.9. The number of carbonyl (C=O) groups excluding carboxylic acids is 32. The number of ether oxygens (including phenoxy) is 16. The SMILES string of the molecule is CC12C(=O)OC(=O)C1(C)C1(C)C(=O)OC(=O)C21C.CC12C(=O)OC(=O)C1C1(C)C(=O)OC(=O)C21.CC12C(=O)OC(=O)C1C1C(=O)OC(=O)C12.O=C1CC(C2CC(=O)OC2=O)C(=O)O1.O=C1CC2C(CC3C(=O)OC(=O)C32)C(=O)O1.O=C1OC(=O)C2C1C1C(=O)OC(=O)C21.O=C1OC(=O)C2C1CC1C(=O)OC(=O)C12.O=C1OC(=O)C2CC3C(=O)OC(=O)C3CC12. The molecule has 0 spiro atoms. The largest absolute Gasteiger partial charge is 0.393 e. The number of carbonyl (C=O) groups is 32. The van der Waals surface area contributed by atoms with Gasteiger partial charge in [-0.05, 0) is 80.1 Å². The Balaban J connectivity index is 0.000000105. The van der Waals surface area contributed by atoms with E-state index in [4.69, 9.17) is 0 Å². The number of fused-ring (bicyclic) bond motifs is 24. The molecule has 124 heavy (non-hydrogen) atoms. The Bertz CT molecular complexity index is 4950. The second-order valence-corrected chi connectivity index (χ2v) is 34.4. The summed E-state index contributed by atoms with van der Waals surface area (Å²) in [6.45, 7) is 10.4. The molecular weight excluding hydrogens is 1680 g/mol. The van der Waals surface area contributed by atoms with Crippen molar-refractivity contribution in [1.29, 1.82) is 0 Å². The molecule has 0 N–H and O–H groups in total. The van der Waals surface area contributed by atoms with Crippen molar-refractivity contribution in [2.24, 2.45) is 174 Å². The molecule has 48 heteroatoms. The lowest BCUT2D eigenvalue weighted by atomic mass is 9.27. The van der Waals surface area contributed by atoms with Crippen LogP contribution in [0.15, 0.2) is 0 Å². The molecule has 7 saturated carbocycles. The summed E-state index contributed by atoms with van der Waals surface area (Å²) >= 11 is 0. The third-order valence-electron chi connectivity index (χ3n) is 29.6. The highest BCUT2D eigenvalue weighted by molar-refractivity contribution is 6.19. The molecule has 23 fully saturated rings. The first-order chi connectivity index (χ1) is 57.8. The molecule has 0 amide bonds. The van der Waals surface area contributed by atoms with Gasteiger partial charge in [-0.25, -0.2) is 0 Å². The number of hydrogen-bond donors (Lipinski definition) is 0. The lowest BCUT2D eigenvalue weighted by molar-refractivity contribution is -0.243. The van der Waals surface area contributed by atoms with Crippen LogP contribution < -0.4 is 0 Å². The molecule has 48 nitrogen and oxygen atoms in total. The van der Waals surface area contributed by atoms with Gasteiger partial charge in [0.05, 0.1) is 187 Å². The maximum Gasteiger partial charge on any atom is 0.321 e. The van der Waals surface area contributed by atoms with Crippen molar-refractivity contribution in [2.45, 2.75) is 93.4 Å². The lowest BCUT2D eigenvalue weighted by Crippen LogP contribution is -2.77. The Kier molecular flexibility index (Phi) is 18.5. The number of esters is 32. The van der Waals surface area contributed by atoms with E-state index in [9.17, 15) is 153 Å². The summed E-state index contributed by atoms with van der Waals surface area (Å²) in [5.41, 5.74) is -9.05. The van der Waals surface area contributed by atoms with E-state index >= 15 is 0 Å². The molecule has 23 aliphatic rings. The Morgan fingerprint density at radius 2 is 0.403 bits per heavy atom. The zero-order valence-corrected chi connectivity index (χ0v) is 64.3. The van der Waals surface area contributed by atoms with Gasteiger partial charge in [0.25, 0.3) is 0 Å². The van der Waals surface area contributed by atoms with Gasteiger partial charge in [0.15, 0.2) is 0 Å². The second kappa shape index (κ2) is 27.4. The minimum Gasteiger partial charge on any atom is -0.393 e. The Morgan fingerprint density at radius 3 is 0.742 bits per heavy atom. The van der Waals surface area contributed by atoms with E-state index in [0.29, 0.717) is 0 Å². The molecule has 23 rings (SSSR count). The highest BCUT2D eigenvalue weighted by Crippen LogP contribution is 2.83. The molecule has 0 aromatic heterocycles. The van der Waals surface area contributed by atoms with Gasteiger partial charge in [0.1, 0.15) is 0 Å². The number of cyclic esters (lactones) is 32. The average Bonchev–Trinajstić information content (AvgIpc) is 1.42. The maximum atomic E-state index is 12.0. The van der Waals surface area contributed by atoms with Crippen LogP contribution in [-0.4, -0.2) is 191 Å². The highest BCUT2D eigenvalue weighted by Gasteiger charge is 2.98. The Morgan fingerprint density at radius 1 is 0.177 bits per heavy atom. The monoisotopic (exact) mass is 1740 g/mol. The van der Waals surface area contributed by atoms with Gasteiger partial charge in [-0.1, -0.05) is 0 Å². The van der Waals surface area contributed by atoms with Crippen LogP contribution in [0.5, 0.6) is 0 Å². The fourth-order valence-corrected chi connectivity index (χ4v) is 22.7. The summed E-state index contributed by atoms with van der Waals surface area (Å²) < 4.78 is 71.3. The van der Waals surface area contributed by atoms with Gasteiger partial charge in [0.2, 0.25) is 0 Å². The van der Waals surface area contributed by atoms with E-state index < -0.39 is 365 Å². The van der Waals surface area contributed by atoms with Crippen LogP contribution >= 0.6 is 0 Å². The van der Waals surface area contributed by atoms with E-state index in [1.165, 1.54) is 48.5 Å². The van der Waals surface area contributed by atoms with Gasteiger partial charge < -0.3 is 75.8 Å². The summed E-state index contributed by atoms with van der Waals surface area (Å²) in [5.74, 6) is -38.4. The smallest absolute Gasteiger partial charge is 0.321 e. The summed E-state index contributed by atoms with van der Waals surface area (Å²) in [4.78, 5) is 363. The van der Waals surface area contributed by atoms with Crippen LogP contribution in [0.4, 0.5) is 0 Å². The van der Waals surface area contributed by atoms with Gasteiger partial charge in [0, 0.05) is 0 Å². The van der Waals surface area contributed by atoms with E-state index in [-0.39, 0.29) is 44.9 Å². The van der Waals surface area contributed by atoms with Crippen molar-refractivity contribution in [3.05, 3.63) is 0 Å². The van der Waals surface area contributed by atoms with Gasteiger partial charge in [-0.3, -0.25) is 153 Å². The number of rotatable bonds is 1. The summed E-state index contributed by atoms with van der Waals surface area (Å²) in [6, 6.07) is 0. The van der Waals surface area contributed by atoms with Gasteiger partial charge >= 0.3 is 191 Å².